The average Bonchev–Trinajstić information content (AvgIpc) is 2.11. The Bertz CT molecular complexity index is 55.8. The average molecular weight is 105 g/mol. The van der Waals surface area contributed by atoms with Crippen molar-refractivity contribution in [2.24, 2.45) is 0 Å². The van der Waals surface area contributed by atoms with Gasteiger partial charge in [0, 0.05) is 0 Å². The van der Waals surface area contributed by atoms with Crippen LogP contribution in [0, 0.1) is 0 Å². The monoisotopic (exact) mass is 105 g/mol. The first kappa shape index (κ1) is 5.80. The molecule has 0 bridgehead atoms. The van der Waals surface area contributed by atoms with Crippen LogP contribution in [0.5, 0.6) is 0 Å². The van der Waals surface area contributed by atoms with Crippen molar-refractivity contribution in [3.8, 4) is 0 Å². The maximum absolute atomic E-state index is 8.51. The SMILES string of the molecule is C1=CC1.O=[PH+]O. The molecule has 0 spiro atoms. The second kappa shape index (κ2) is 4.80. The van der Waals surface area contributed by atoms with Crippen molar-refractivity contribution in [3.05, 3.63) is 12.2 Å². The predicted molar refractivity (Wildman–Crippen MR) is 25.0 cm³/mol. The van der Waals surface area contributed by atoms with E-state index in [2.05, 4.69) is 12.2 Å². The number of hydrogen-bond donors (Lipinski definition) is 1. The van der Waals surface area contributed by atoms with Gasteiger partial charge in [-0.05, 0) is 11.0 Å². The highest BCUT2D eigenvalue weighted by atomic mass is 31.1. The second-order valence-electron chi connectivity index (χ2n) is 0.798. The third kappa shape index (κ3) is 46.5. The van der Waals surface area contributed by atoms with Crippen molar-refractivity contribution < 1.29 is 9.46 Å². The van der Waals surface area contributed by atoms with Gasteiger partial charge in [0.1, 0.15) is 0 Å². The summed E-state index contributed by atoms with van der Waals surface area (Å²) in [6, 6.07) is 0. The van der Waals surface area contributed by atoms with Gasteiger partial charge in [0.15, 0.2) is 0 Å². The fraction of sp³-hybridized carbons (Fsp3) is 0.333. The Hall–Kier alpha value is -0.200. The van der Waals surface area contributed by atoms with Crippen LogP contribution in [-0.2, 0) is 4.57 Å². The molecule has 6 heavy (non-hydrogen) atoms. The summed E-state index contributed by atoms with van der Waals surface area (Å²) in [4.78, 5) is 7.04. The van der Waals surface area contributed by atoms with Gasteiger partial charge in [0.25, 0.3) is 0 Å². The molecule has 1 aliphatic carbocycles. The van der Waals surface area contributed by atoms with Gasteiger partial charge in [0.2, 0.25) is 0 Å². The fourth-order valence-corrected chi connectivity index (χ4v) is 0. The van der Waals surface area contributed by atoms with E-state index >= 15 is 0 Å². The Labute approximate surface area is 37.8 Å². The molecule has 34 valence electrons. The summed E-state index contributed by atoms with van der Waals surface area (Å²) >= 11 is 0. The van der Waals surface area contributed by atoms with Crippen LogP contribution >= 0.6 is 8.69 Å². The van der Waals surface area contributed by atoms with Crippen LogP contribution in [-0.4, -0.2) is 4.89 Å². The standard InChI is InChI=1S/C3H4.HO2P/c1-2-3-1;1-3-2/h1-2H,3H2;3H/p+1. The third-order valence-electron chi connectivity index (χ3n) is 0.236. The van der Waals surface area contributed by atoms with Crippen LogP contribution in [0.1, 0.15) is 6.42 Å². The fourth-order valence-electron chi connectivity index (χ4n) is 0. The highest BCUT2D eigenvalue weighted by molar-refractivity contribution is 7.16. The Kier molecular flexibility index (Phi) is 4.64. The largest absolute Gasteiger partial charge is 0.491 e. The Morgan fingerprint density at radius 1 is 1.67 bits per heavy atom. The zero-order valence-electron chi connectivity index (χ0n) is 3.22. The lowest BCUT2D eigenvalue weighted by atomic mass is 10.9. The van der Waals surface area contributed by atoms with Gasteiger partial charge < -0.3 is 0 Å². The highest BCUT2D eigenvalue weighted by Crippen LogP contribution is 1.96. The number of hydrogen-bond acceptors (Lipinski definition) is 1. The lowest BCUT2D eigenvalue weighted by Crippen LogP contribution is -1.03. The zero-order valence-corrected chi connectivity index (χ0v) is 4.22. The molecule has 1 atom stereocenters. The lowest BCUT2D eigenvalue weighted by Gasteiger charge is -1.15. The molecule has 0 amide bonds. The topological polar surface area (TPSA) is 37.3 Å². The zero-order chi connectivity index (χ0) is 4.83. The van der Waals surface area contributed by atoms with Crippen LogP contribution in [0.15, 0.2) is 12.2 Å². The Morgan fingerprint density at radius 2 is 1.83 bits per heavy atom. The molecule has 0 aromatic heterocycles. The molecule has 3 heteroatoms. The van der Waals surface area contributed by atoms with Gasteiger partial charge >= 0.3 is 8.69 Å². The van der Waals surface area contributed by atoms with Gasteiger partial charge in [-0.15, -0.1) is 0 Å². The first-order valence-electron chi connectivity index (χ1n) is 1.58. The molecule has 2 nitrogen and oxygen atoms in total. The summed E-state index contributed by atoms with van der Waals surface area (Å²) in [5, 5.41) is 0. The minimum atomic E-state index is -1.17. The quantitative estimate of drug-likeness (QED) is 0.366. The van der Waals surface area contributed by atoms with E-state index < -0.39 is 8.69 Å². The van der Waals surface area contributed by atoms with Crippen molar-refractivity contribution in [2.45, 2.75) is 6.42 Å². The maximum Gasteiger partial charge on any atom is 0.491 e. The van der Waals surface area contributed by atoms with Gasteiger partial charge in [-0.25, -0.2) is 0 Å². The first-order valence-corrected chi connectivity index (χ1v) is 2.43. The van der Waals surface area contributed by atoms with E-state index in [0.29, 0.717) is 0 Å². The predicted octanol–water partition coefficient (Wildman–Crippen LogP) is 0.864. The van der Waals surface area contributed by atoms with Crippen molar-refractivity contribution in [1.82, 2.24) is 0 Å². The van der Waals surface area contributed by atoms with E-state index in [1.54, 1.807) is 0 Å². The minimum absolute atomic E-state index is 1.17. The normalized spacial score (nSPS) is 12.8. The van der Waals surface area contributed by atoms with Crippen LogP contribution in [0.4, 0.5) is 0 Å². The molecule has 0 heterocycles. The van der Waals surface area contributed by atoms with E-state index in [9.17, 15) is 0 Å². The molecule has 0 aliphatic heterocycles. The van der Waals surface area contributed by atoms with Crippen LogP contribution in [0.2, 0.25) is 0 Å². The minimum Gasteiger partial charge on any atom is -0.162 e. The molecule has 0 saturated heterocycles. The summed E-state index contributed by atoms with van der Waals surface area (Å²) in [5.41, 5.74) is 0. The van der Waals surface area contributed by atoms with Gasteiger partial charge in [0.05, 0.1) is 0 Å². The highest BCUT2D eigenvalue weighted by Gasteiger charge is 1.75. The van der Waals surface area contributed by atoms with E-state index in [1.807, 2.05) is 0 Å². The molecule has 0 saturated carbocycles. The molecular formula is C3H6O2P+. The molecule has 1 unspecified atom stereocenters. The van der Waals surface area contributed by atoms with E-state index in [-0.39, 0.29) is 0 Å². The van der Waals surface area contributed by atoms with Gasteiger partial charge in [-0.2, -0.15) is 4.89 Å². The van der Waals surface area contributed by atoms with Crippen molar-refractivity contribution in [1.29, 1.82) is 0 Å². The lowest BCUT2D eigenvalue weighted by molar-refractivity contribution is 0.524. The van der Waals surface area contributed by atoms with Crippen LogP contribution in [0.3, 0.4) is 0 Å². The summed E-state index contributed by atoms with van der Waals surface area (Å²) in [6.45, 7) is 0. The first-order chi connectivity index (χ1) is 2.91. The van der Waals surface area contributed by atoms with Crippen LogP contribution in [0.25, 0.3) is 0 Å². The summed E-state index contributed by atoms with van der Waals surface area (Å²) in [7, 11) is -1.17. The molecular weight excluding hydrogens is 99.0 g/mol. The van der Waals surface area contributed by atoms with E-state index in [0.717, 1.165) is 0 Å². The van der Waals surface area contributed by atoms with Gasteiger partial charge in [-0.1, -0.05) is 12.2 Å². The molecule has 0 aromatic rings. The summed E-state index contributed by atoms with van der Waals surface area (Å²) < 4.78 is 8.51. The Balaban J connectivity index is 0.0000000833. The molecule has 1 aliphatic rings. The Morgan fingerprint density at radius 3 is 1.83 bits per heavy atom. The maximum atomic E-state index is 8.51. The van der Waals surface area contributed by atoms with E-state index in [1.165, 1.54) is 6.42 Å². The molecule has 1 rings (SSSR count). The number of allylic oxidation sites excluding steroid dienone is 2. The second-order valence-corrected chi connectivity index (χ2v) is 0.981. The van der Waals surface area contributed by atoms with Crippen molar-refractivity contribution in [3.63, 3.8) is 0 Å². The third-order valence-corrected chi connectivity index (χ3v) is 0.236. The summed E-state index contributed by atoms with van der Waals surface area (Å²) in [5.74, 6) is 0. The summed E-state index contributed by atoms with van der Waals surface area (Å²) in [6.07, 6.45) is 5.50. The number of rotatable bonds is 0. The van der Waals surface area contributed by atoms with Gasteiger partial charge in [-0.3, -0.25) is 0 Å². The smallest absolute Gasteiger partial charge is 0.162 e. The van der Waals surface area contributed by atoms with Crippen LogP contribution < -0.4 is 0 Å². The van der Waals surface area contributed by atoms with Crippen molar-refractivity contribution >= 4 is 8.69 Å². The molecule has 0 radical (unpaired) electrons. The van der Waals surface area contributed by atoms with Crippen molar-refractivity contribution in [2.75, 3.05) is 0 Å². The molecule has 0 fully saturated rings. The molecule has 1 N–H and O–H groups in total. The van der Waals surface area contributed by atoms with E-state index in [4.69, 9.17) is 9.46 Å². The molecule has 0 aromatic carbocycles.